The molecule has 3 heterocycles. The number of carbonyl (C=O) groups is 1. The van der Waals surface area contributed by atoms with E-state index < -0.39 is 0 Å². The van der Waals surface area contributed by atoms with Crippen LogP contribution in [0, 0.1) is 24.6 Å². The summed E-state index contributed by atoms with van der Waals surface area (Å²) in [6, 6.07) is 5.39. The lowest BCUT2D eigenvalue weighted by Crippen LogP contribution is -2.47. The number of fused-ring (bicyclic) bond motifs is 4. The summed E-state index contributed by atoms with van der Waals surface area (Å²) in [4.78, 5) is 17.4. The van der Waals surface area contributed by atoms with Gasteiger partial charge in [0.2, 0.25) is 0 Å². The second-order valence-corrected chi connectivity index (χ2v) is 8.04. The molecule has 0 spiro atoms. The fraction of sp³-hybridized carbons (Fsp3) is 0.650. The van der Waals surface area contributed by atoms with E-state index in [9.17, 15) is 9.18 Å². The molecule has 24 heavy (non-hydrogen) atoms. The number of piperidine rings is 1. The molecule has 4 heteroatoms. The molecule has 1 aromatic rings. The SMILES string of the molecule is Cc1ccc(C(=O)N2C[C@H]3CC[C@@H](C2)N(CC2CCC2)C3)c(F)c1. The van der Waals surface area contributed by atoms with Gasteiger partial charge in [0, 0.05) is 32.2 Å². The lowest BCUT2D eigenvalue weighted by atomic mass is 9.83. The quantitative estimate of drug-likeness (QED) is 0.847. The van der Waals surface area contributed by atoms with Crippen molar-refractivity contribution in [3.05, 3.63) is 35.1 Å². The van der Waals surface area contributed by atoms with Crippen molar-refractivity contribution in [1.29, 1.82) is 0 Å². The Morgan fingerprint density at radius 2 is 2.00 bits per heavy atom. The molecule has 0 aromatic heterocycles. The zero-order valence-corrected chi connectivity index (χ0v) is 14.5. The van der Waals surface area contributed by atoms with Gasteiger partial charge in [-0.3, -0.25) is 9.69 Å². The van der Waals surface area contributed by atoms with Crippen LogP contribution in [0.25, 0.3) is 0 Å². The van der Waals surface area contributed by atoms with Gasteiger partial charge < -0.3 is 4.90 Å². The molecule has 3 nitrogen and oxygen atoms in total. The number of carbonyl (C=O) groups excluding carboxylic acids is 1. The summed E-state index contributed by atoms with van der Waals surface area (Å²) in [7, 11) is 0. The lowest BCUT2D eigenvalue weighted by molar-refractivity contribution is 0.0713. The first-order valence-electron chi connectivity index (χ1n) is 9.39. The van der Waals surface area contributed by atoms with Gasteiger partial charge in [-0.05, 0) is 62.1 Å². The Morgan fingerprint density at radius 1 is 1.17 bits per heavy atom. The van der Waals surface area contributed by atoms with Gasteiger partial charge in [0.05, 0.1) is 5.56 Å². The fourth-order valence-corrected chi connectivity index (χ4v) is 4.54. The summed E-state index contributed by atoms with van der Waals surface area (Å²) < 4.78 is 14.2. The highest BCUT2D eigenvalue weighted by Gasteiger charge is 2.38. The Bertz CT molecular complexity index is 628. The van der Waals surface area contributed by atoms with E-state index >= 15 is 0 Å². The Hall–Kier alpha value is -1.42. The highest BCUT2D eigenvalue weighted by molar-refractivity contribution is 5.94. The third kappa shape index (κ3) is 3.08. The minimum Gasteiger partial charge on any atom is -0.337 e. The maximum atomic E-state index is 14.2. The molecule has 1 aromatic carbocycles. The Morgan fingerprint density at radius 3 is 2.71 bits per heavy atom. The van der Waals surface area contributed by atoms with Crippen LogP contribution in [0.5, 0.6) is 0 Å². The van der Waals surface area contributed by atoms with Crippen LogP contribution in [0.4, 0.5) is 4.39 Å². The maximum absolute atomic E-state index is 14.2. The van der Waals surface area contributed by atoms with Gasteiger partial charge in [-0.25, -0.2) is 4.39 Å². The average molecular weight is 330 g/mol. The first-order valence-corrected chi connectivity index (χ1v) is 9.39. The van der Waals surface area contributed by atoms with E-state index in [0.717, 1.165) is 31.1 Å². The first kappa shape index (κ1) is 16.1. The van der Waals surface area contributed by atoms with Crippen molar-refractivity contribution in [3.8, 4) is 0 Å². The number of rotatable bonds is 3. The van der Waals surface area contributed by atoms with Gasteiger partial charge in [-0.15, -0.1) is 0 Å². The molecular weight excluding hydrogens is 303 g/mol. The molecule has 2 bridgehead atoms. The minimum atomic E-state index is -0.386. The van der Waals surface area contributed by atoms with Gasteiger partial charge in [0.1, 0.15) is 5.82 Å². The molecule has 1 saturated carbocycles. The standard InChI is InChI=1S/C20H27FN2O/c1-14-5-8-18(19(21)9-14)20(24)23-12-16-6-7-17(13-23)22(11-16)10-15-3-2-4-15/h5,8-9,15-17H,2-4,6-7,10-13H2,1H3/t16-,17-/m0/s1. The first-order chi connectivity index (χ1) is 11.6. The topological polar surface area (TPSA) is 23.6 Å². The van der Waals surface area contributed by atoms with Crippen LogP contribution < -0.4 is 0 Å². The predicted molar refractivity (Wildman–Crippen MR) is 92.5 cm³/mol. The number of hydrogen-bond acceptors (Lipinski definition) is 2. The van der Waals surface area contributed by atoms with Crippen LogP contribution in [0.1, 0.15) is 48.0 Å². The van der Waals surface area contributed by atoms with Gasteiger partial charge in [0.15, 0.2) is 0 Å². The lowest BCUT2D eigenvalue weighted by Gasteiger charge is -2.40. The summed E-state index contributed by atoms with van der Waals surface area (Å²) in [6.45, 7) is 5.70. The zero-order valence-electron chi connectivity index (χ0n) is 14.5. The van der Waals surface area contributed by atoms with E-state index in [-0.39, 0.29) is 17.3 Å². The zero-order chi connectivity index (χ0) is 16.7. The van der Waals surface area contributed by atoms with Gasteiger partial charge >= 0.3 is 0 Å². The molecular formula is C20H27FN2O. The van der Waals surface area contributed by atoms with Crippen LogP contribution in [0.3, 0.4) is 0 Å². The van der Waals surface area contributed by atoms with Crippen molar-refractivity contribution in [3.63, 3.8) is 0 Å². The summed E-state index contributed by atoms with van der Waals surface area (Å²) in [5.74, 6) is 0.891. The average Bonchev–Trinajstić information content (AvgIpc) is 2.82. The fourth-order valence-electron chi connectivity index (χ4n) is 4.54. The minimum absolute atomic E-state index is 0.130. The van der Waals surface area contributed by atoms with Crippen LogP contribution in [0.15, 0.2) is 18.2 Å². The molecule has 1 amide bonds. The summed E-state index contributed by atoms with van der Waals surface area (Å²) in [6.07, 6.45) is 6.49. The molecule has 3 aliphatic heterocycles. The largest absolute Gasteiger partial charge is 0.337 e. The van der Waals surface area contributed by atoms with E-state index in [4.69, 9.17) is 0 Å². The number of nitrogens with zero attached hydrogens (tertiary/aromatic N) is 2. The maximum Gasteiger partial charge on any atom is 0.256 e. The number of benzene rings is 1. The van der Waals surface area contributed by atoms with E-state index in [1.54, 1.807) is 6.07 Å². The highest BCUT2D eigenvalue weighted by Crippen LogP contribution is 2.33. The third-order valence-electron chi connectivity index (χ3n) is 6.19. The molecule has 1 aliphatic carbocycles. The van der Waals surface area contributed by atoms with Crippen molar-refractivity contribution >= 4 is 5.91 Å². The second-order valence-electron chi connectivity index (χ2n) is 8.04. The van der Waals surface area contributed by atoms with Crippen molar-refractivity contribution in [2.75, 3.05) is 26.2 Å². The van der Waals surface area contributed by atoms with Crippen molar-refractivity contribution in [2.45, 2.75) is 45.1 Å². The van der Waals surface area contributed by atoms with E-state index in [1.165, 1.54) is 44.7 Å². The predicted octanol–water partition coefficient (Wildman–Crippen LogP) is 3.47. The normalized spacial score (nSPS) is 27.8. The third-order valence-corrected chi connectivity index (χ3v) is 6.19. The van der Waals surface area contributed by atoms with Crippen LogP contribution in [-0.2, 0) is 0 Å². The Kier molecular flexibility index (Phi) is 4.33. The monoisotopic (exact) mass is 330 g/mol. The Balaban J connectivity index is 1.49. The molecule has 0 radical (unpaired) electrons. The number of amides is 1. The van der Waals surface area contributed by atoms with Crippen molar-refractivity contribution < 1.29 is 9.18 Å². The molecule has 5 rings (SSSR count). The van der Waals surface area contributed by atoms with E-state index in [0.29, 0.717) is 12.0 Å². The van der Waals surface area contributed by atoms with E-state index in [2.05, 4.69) is 4.90 Å². The smallest absolute Gasteiger partial charge is 0.256 e. The molecule has 3 saturated heterocycles. The van der Waals surface area contributed by atoms with Crippen molar-refractivity contribution in [2.24, 2.45) is 11.8 Å². The molecule has 0 N–H and O–H groups in total. The molecule has 4 aliphatic rings. The van der Waals surface area contributed by atoms with Gasteiger partial charge in [-0.2, -0.15) is 0 Å². The summed E-state index contributed by atoms with van der Waals surface area (Å²) in [5.41, 5.74) is 1.08. The molecule has 130 valence electrons. The van der Waals surface area contributed by atoms with Crippen LogP contribution in [-0.4, -0.2) is 47.9 Å². The summed E-state index contributed by atoms with van der Waals surface area (Å²) >= 11 is 0. The number of aryl methyl sites for hydroxylation is 1. The Labute approximate surface area is 143 Å². The highest BCUT2D eigenvalue weighted by atomic mass is 19.1. The second kappa shape index (κ2) is 6.47. The number of hydrogen-bond donors (Lipinski definition) is 0. The van der Waals surface area contributed by atoms with Crippen LogP contribution >= 0.6 is 0 Å². The van der Waals surface area contributed by atoms with Crippen molar-refractivity contribution in [1.82, 2.24) is 9.80 Å². The van der Waals surface area contributed by atoms with Gasteiger partial charge in [-0.1, -0.05) is 12.5 Å². The number of halogens is 1. The van der Waals surface area contributed by atoms with Crippen LogP contribution in [0.2, 0.25) is 0 Å². The molecule has 0 unspecified atom stereocenters. The van der Waals surface area contributed by atoms with E-state index in [1.807, 2.05) is 17.9 Å². The van der Waals surface area contributed by atoms with Gasteiger partial charge in [0.25, 0.3) is 5.91 Å². The molecule has 4 fully saturated rings. The molecule has 2 atom stereocenters. The summed E-state index contributed by atoms with van der Waals surface area (Å²) in [5, 5.41) is 0.